The molecule has 0 saturated heterocycles. The van der Waals surface area contributed by atoms with Crippen molar-refractivity contribution in [3.63, 3.8) is 0 Å². The average molecular weight is 350 g/mol. The molecule has 3 aliphatic carbocycles. The third kappa shape index (κ3) is 3.13. The fourth-order valence-corrected chi connectivity index (χ4v) is 5.99. The highest BCUT2D eigenvalue weighted by Crippen LogP contribution is 2.54. The molecule has 4 rings (SSSR count). The molecule has 2 fully saturated rings. The van der Waals surface area contributed by atoms with E-state index in [9.17, 15) is 13.2 Å². The molecule has 0 heterocycles. The topological polar surface area (TPSA) is 0 Å². The number of fused-ring (bicyclic) bond motifs is 1. The third-order valence-corrected chi connectivity index (χ3v) is 7.26. The van der Waals surface area contributed by atoms with Crippen LogP contribution in [0.5, 0.6) is 0 Å². The van der Waals surface area contributed by atoms with Gasteiger partial charge < -0.3 is 0 Å². The van der Waals surface area contributed by atoms with Crippen molar-refractivity contribution in [2.45, 2.75) is 77.1 Å². The Morgan fingerprint density at radius 3 is 2.12 bits per heavy atom. The number of hydrogen-bond donors (Lipinski definition) is 0. The van der Waals surface area contributed by atoms with Crippen LogP contribution in [-0.4, -0.2) is 0 Å². The maximum absolute atomic E-state index is 15.0. The van der Waals surface area contributed by atoms with Crippen molar-refractivity contribution in [2.75, 3.05) is 0 Å². The lowest BCUT2D eigenvalue weighted by Gasteiger charge is -2.39. The molecule has 138 valence electrons. The van der Waals surface area contributed by atoms with Crippen LogP contribution in [0.15, 0.2) is 12.1 Å². The van der Waals surface area contributed by atoms with Gasteiger partial charge in [-0.05, 0) is 74.0 Å². The quantitative estimate of drug-likeness (QED) is 0.551. The predicted molar refractivity (Wildman–Crippen MR) is 94.2 cm³/mol. The first-order chi connectivity index (χ1) is 12.0. The number of rotatable bonds is 2. The monoisotopic (exact) mass is 350 g/mol. The van der Waals surface area contributed by atoms with Crippen LogP contribution in [0.25, 0.3) is 0 Å². The first-order valence-electron chi connectivity index (χ1n) is 10.1. The molecule has 1 atom stereocenters. The molecular formula is C22H29F3. The minimum Gasteiger partial charge on any atom is -0.206 e. The zero-order chi connectivity index (χ0) is 17.6. The summed E-state index contributed by atoms with van der Waals surface area (Å²) in [6.45, 7) is 1.78. The van der Waals surface area contributed by atoms with Gasteiger partial charge in [0.1, 0.15) is 5.82 Å². The molecule has 1 aromatic rings. The van der Waals surface area contributed by atoms with Crippen LogP contribution in [0, 0.1) is 36.4 Å². The van der Waals surface area contributed by atoms with Crippen molar-refractivity contribution in [1.82, 2.24) is 0 Å². The van der Waals surface area contributed by atoms with Gasteiger partial charge in [-0.2, -0.15) is 0 Å². The summed E-state index contributed by atoms with van der Waals surface area (Å²) in [6, 6.07) is 3.02. The van der Waals surface area contributed by atoms with Gasteiger partial charge in [-0.3, -0.25) is 0 Å². The minimum absolute atomic E-state index is 0.0435. The van der Waals surface area contributed by atoms with Gasteiger partial charge >= 0.3 is 0 Å². The van der Waals surface area contributed by atoms with Gasteiger partial charge in [0.25, 0.3) is 5.92 Å². The Morgan fingerprint density at radius 2 is 1.44 bits per heavy atom. The highest BCUT2D eigenvalue weighted by atomic mass is 19.3. The summed E-state index contributed by atoms with van der Waals surface area (Å²) >= 11 is 0. The van der Waals surface area contributed by atoms with E-state index < -0.39 is 17.7 Å². The molecule has 25 heavy (non-hydrogen) atoms. The number of halogens is 3. The number of hydrogen-bond acceptors (Lipinski definition) is 0. The van der Waals surface area contributed by atoms with E-state index in [1.54, 1.807) is 13.0 Å². The van der Waals surface area contributed by atoms with Gasteiger partial charge in [-0.25, -0.2) is 13.2 Å². The molecule has 0 bridgehead atoms. The van der Waals surface area contributed by atoms with Gasteiger partial charge in [0.05, 0.1) is 5.56 Å². The van der Waals surface area contributed by atoms with E-state index in [0.29, 0.717) is 12.0 Å². The van der Waals surface area contributed by atoms with Crippen LogP contribution in [0.4, 0.5) is 13.2 Å². The molecule has 0 aromatic heterocycles. The van der Waals surface area contributed by atoms with Gasteiger partial charge in [0.2, 0.25) is 0 Å². The lowest BCUT2D eigenvalue weighted by molar-refractivity contribution is -0.0852. The van der Waals surface area contributed by atoms with Crippen LogP contribution >= 0.6 is 0 Å². The van der Waals surface area contributed by atoms with Gasteiger partial charge in [-0.1, -0.05) is 38.2 Å². The summed E-state index contributed by atoms with van der Waals surface area (Å²) in [4.78, 5) is 0. The zero-order valence-electron chi connectivity index (χ0n) is 15.2. The van der Waals surface area contributed by atoms with E-state index in [2.05, 4.69) is 0 Å². The van der Waals surface area contributed by atoms with Crippen molar-refractivity contribution in [3.05, 3.63) is 34.6 Å². The van der Waals surface area contributed by atoms with Crippen LogP contribution in [-0.2, 0) is 12.3 Å². The lowest BCUT2D eigenvalue weighted by atomic mass is 9.68. The van der Waals surface area contributed by atoms with Crippen molar-refractivity contribution >= 4 is 0 Å². The first kappa shape index (κ1) is 17.4. The molecule has 0 aliphatic heterocycles. The first-order valence-corrected chi connectivity index (χ1v) is 10.1. The second kappa shape index (κ2) is 6.63. The highest BCUT2D eigenvalue weighted by Gasteiger charge is 2.53. The second-order valence-electron chi connectivity index (χ2n) is 8.79. The van der Waals surface area contributed by atoms with Crippen molar-refractivity contribution in [3.8, 4) is 0 Å². The Hall–Kier alpha value is -0.990. The summed E-state index contributed by atoms with van der Waals surface area (Å²) in [6.07, 6.45) is 11.1. The molecular weight excluding hydrogens is 321 g/mol. The van der Waals surface area contributed by atoms with E-state index in [4.69, 9.17) is 0 Å². The van der Waals surface area contributed by atoms with Crippen LogP contribution in [0.1, 0.15) is 74.5 Å². The van der Waals surface area contributed by atoms with Crippen molar-refractivity contribution < 1.29 is 13.2 Å². The third-order valence-electron chi connectivity index (χ3n) is 7.26. The lowest BCUT2D eigenvalue weighted by Crippen LogP contribution is -2.33. The van der Waals surface area contributed by atoms with E-state index in [0.717, 1.165) is 43.1 Å². The van der Waals surface area contributed by atoms with Crippen molar-refractivity contribution in [2.24, 2.45) is 23.7 Å². The van der Waals surface area contributed by atoms with E-state index in [1.165, 1.54) is 38.2 Å². The maximum Gasteiger partial charge on any atom is 0.279 e. The predicted octanol–water partition coefficient (Wildman–Crippen LogP) is 6.78. The van der Waals surface area contributed by atoms with Gasteiger partial charge in [0.15, 0.2) is 0 Å². The van der Waals surface area contributed by atoms with Gasteiger partial charge in [0, 0.05) is 5.92 Å². The molecule has 0 nitrogen and oxygen atoms in total. The SMILES string of the molecule is Cc1cc(F)c2c(c1)CC(C1CCC(C3CCCCC3)CC1)C2(F)F. The summed E-state index contributed by atoms with van der Waals surface area (Å²) in [7, 11) is 0. The molecule has 3 heteroatoms. The second-order valence-corrected chi connectivity index (χ2v) is 8.79. The standard InChI is InChI=1S/C22H29F3/c1-14-11-18-13-19(22(24,25)21(18)20(23)12-14)17-9-7-16(8-10-17)15-5-3-2-4-6-15/h11-12,15-17,19H,2-10,13H2,1H3. The van der Waals surface area contributed by atoms with Crippen molar-refractivity contribution in [1.29, 1.82) is 0 Å². The summed E-state index contributed by atoms with van der Waals surface area (Å²) in [5.41, 5.74) is 0.980. The molecule has 3 aliphatic rings. The molecule has 0 amide bonds. The average Bonchev–Trinajstić information content (AvgIpc) is 2.86. The molecule has 1 unspecified atom stereocenters. The molecule has 2 saturated carbocycles. The fourth-order valence-electron chi connectivity index (χ4n) is 5.99. The number of benzene rings is 1. The van der Waals surface area contributed by atoms with Crippen LogP contribution in [0.2, 0.25) is 0 Å². The Balaban J connectivity index is 1.46. The normalized spacial score (nSPS) is 32.6. The fraction of sp³-hybridized carbons (Fsp3) is 0.727. The summed E-state index contributed by atoms with van der Waals surface area (Å²) in [5.74, 6) is -2.80. The summed E-state index contributed by atoms with van der Waals surface area (Å²) in [5, 5.41) is 0. The Bertz CT molecular complexity index is 622. The highest BCUT2D eigenvalue weighted by molar-refractivity contribution is 5.41. The number of alkyl halides is 2. The minimum atomic E-state index is -3.00. The Morgan fingerprint density at radius 1 is 0.840 bits per heavy atom. The van der Waals surface area contributed by atoms with Crippen LogP contribution < -0.4 is 0 Å². The van der Waals surface area contributed by atoms with Gasteiger partial charge in [-0.15, -0.1) is 0 Å². The van der Waals surface area contributed by atoms with Crippen LogP contribution in [0.3, 0.4) is 0 Å². The molecule has 1 aromatic carbocycles. The molecule has 0 radical (unpaired) electrons. The summed E-state index contributed by atoms with van der Waals surface area (Å²) < 4.78 is 44.2. The largest absolute Gasteiger partial charge is 0.279 e. The molecule has 0 spiro atoms. The zero-order valence-corrected chi connectivity index (χ0v) is 15.2. The van der Waals surface area contributed by atoms with E-state index >= 15 is 0 Å². The maximum atomic E-state index is 15.0. The van der Waals surface area contributed by atoms with E-state index in [-0.39, 0.29) is 11.5 Å². The molecule has 0 N–H and O–H groups in total. The Labute approximate surface area is 149 Å². The Kier molecular flexibility index (Phi) is 4.62. The van der Waals surface area contributed by atoms with E-state index in [1.807, 2.05) is 0 Å². The number of aryl methyl sites for hydroxylation is 1. The smallest absolute Gasteiger partial charge is 0.206 e.